The Bertz CT molecular complexity index is 1120. The van der Waals surface area contributed by atoms with Crippen molar-refractivity contribution in [3.8, 4) is 5.75 Å². The van der Waals surface area contributed by atoms with Gasteiger partial charge in [-0.2, -0.15) is 0 Å². The van der Waals surface area contributed by atoms with Crippen LogP contribution in [-0.2, 0) is 24.3 Å². The highest BCUT2D eigenvalue weighted by atomic mass is 35.7. The maximum Gasteiger partial charge on any atom is 0.265 e. The maximum absolute atomic E-state index is 13.1. The fourth-order valence-corrected chi connectivity index (χ4v) is 5.07. The summed E-state index contributed by atoms with van der Waals surface area (Å²) in [6.45, 7) is 11.8. The molecule has 2 rings (SSSR count). The number of rotatable bonds is 8. The van der Waals surface area contributed by atoms with Crippen molar-refractivity contribution < 1.29 is 21.6 Å². The second kappa shape index (κ2) is 8.52. The summed E-state index contributed by atoms with van der Waals surface area (Å²) in [5.41, 5.74) is 0.310. The van der Waals surface area contributed by atoms with Crippen LogP contribution >= 0.6 is 10.7 Å². The Morgan fingerprint density at radius 2 is 1.37 bits per heavy atom. The molecular formula is C22H29ClO5S2. The lowest BCUT2D eigenvalue weighted by Crippen LogP contribution is -2.27. The molecule has 2 aromatic rings. The first-order valence-electron chi connectivity index (χ1n) is 9.77. The van der Waals surface area contributed by atoms with Crippen LogP contribution in [0.15, 0.2) is 57.2 Å². The van der Waals surface area contributed by atoms with Crippen LogP contribution in [0.5, 0.6) is 5.75 Å². The molecule has 0 aliphatic heterocycles. The summed E-state index contributed by atoms with van der Waals surface area (Å²) < 4.78 is 56.3. The van der Waals surface area contributed by atoms with Gasteiger partial charge in [0, 0.05) is 10.7 Å². The number of halogens is 1. The SMILES string of the molecule is CCC(C)(C)Oc1ccc(S(=O)(=O)c2ccc(C(C)(C)CC)cc2)cc1S(=O)(=O)Cl. The predicted octanol–water partition coefficient (Wildman–Crippen LogP) is 5.70. The monoisotopic (exact) mass is 472 g/mol. The highest BCUT2D eigenvalue weighted by Gasteiger charge is 2.27. The van der Waals surface area contributed by atoms with Crippen molar-refractivity contribution in [2.45, 2.75) is 80.1 Å². The number of ether oxygens (including phenoxy) is 1. The van der Waals surface area contributed by atoms with Crippen LogP contribution in [0, 0.1) is 0 Å². The van der Waals surface area contributed by atoms with E-state index in [0.717, 1.165) is 18.1 Å². The summed E-state index contributed by atoms with van der Waals surface area (Å²) in [5.74, 6) is 0.0239. The third-order valence-corrected chi connectivity index (χ3v) is 8.67. The average Bonchev–Trinajstić information content (AvgIpc) is 2.67. The van der Waals surface area contributed by atoms with Gasteiger partial charge in [-0.05, 0) is 68.0 Å². The molecule has 0 aromatic heterocycles. The van der Waals surface area contributed by atoms with Crippen molar-refractivity contribution >= 4 is 29.6 Å². The third-order valence-electron chi connectivity index (χ3n) is 5.56. The van der Waals surface area contributed by atoms with Crippen LogP contribution in [-0.4, -0.2) is 22.4 Å². The van der Waals surface area contributed by atoms with Crippen LogP contribution in [0.4, 0.5) is 0 Å². The molecule has 0 saturated heterocycles. The van der Waals surface area contributed by atoms with Gasteiger partial charge in [0.05, 0.1) is 9.79 Å². The van der Waals surface area contributed by atoms with E-state index in [0.29, 0.717) is 6.42 Å². The van der Waals surface area contributed by atoms with Crippen LogP contribution < -0.4 is 4.74 Å². The average molecular weight is 473 g/mol. The third kappa shape index (κ3) is 5.37. The zero-order valence-electron chi connectivity index (χ0n) is 18.2. The molecule has 0 aliphatic rings. The van der Waals surface area contributed by atoms with Gasteiger partial charge in [-0.25, -0.2) is 16.8 Å². The standard InChI is InChI=1S/C22H29ClO5S2/c1-7-21(3,4)16-9-11-17(12-10-16)29(24,25)18-13-14-19(28-22(5,6)8-2)20(15-18)30(23,26)27/h9-15H,7-8H2,1-6H3. The predicted molar refractivity (Wildman–Crippen MR) is 120 cm³/mol. The first-order chi connectivity index (χ1) is 13.6. The van der Waals surface area contributed by atoms with Crippen molar-refractivity contribution in [3.63, 3.8) is 0 Å². The highest BCUT2D eigenvalue weighted by Crippen LogP contribution is 2.35. The normalized spacial score (nSPS) is 13.3. The van der Waals surface area contributed by atoms with Crippen LogP contribution in [0.25, 0.3) is 0 Å². The van der Waals surface area contributed by atoms with Crippen molar-refractivity contribution in [3.05, 3.63) is 48.0 Å². The molecule has 0 spiro atoms. The quantitative estimate of drug-likeness (QED) is 0.460. The molecule has 8 heteroatoms. The summed E-state index contributed by atoms with van der Waals surface area (Å²) in [6.07, 6.45) is 1.53. The second-order valence-electron chi connectivity index (χ2n) is 8.53. The molecule has 0 saturated carbocycles. The van der Waals surface area contributed by atoms with Crippen LogP contribution in [0.2, 0.25) is 0 Å². The van der Waals surface area contributed by atoms with E-state index >= 15 is 0 Å². The fraction of sp³-hybridized carbons (Fsp3) is 0.455. The Morgan fingerprint density at radius 3 is 1.83 bits per heavy atom. The lowest BCUT2D eigenvalue weighted by atomic mass is 9.82. The molecule has 0 radical (unpaired) electrons. The molecule has 0 amide bonds. The van der Waals surface area contributed by atoms with Gasteiger partial charge in [-0.1, -0.05) is 39.8 Å². The Labute approximate surface area is 184 Å². The van der Waals surface area contributed by atoms with E-state index in [2.05, 4.69) is 20.8 Å². The number of hydrogen-bond acceptors (Lipinski definition) is 5. The van der Waals surface area contributed by atoms with Crippen molar-refractivity contribution in [2.24, 2.45) is 0 Å². The maximum atomic E-state index is 13.1. The molecule has 30 heavy (non-hydrogen) atoms. The minimum absolute atomic E-state index is 0.0239. The lowest BCUT2D eigenvalue weighted by Gasteiger charge is -2.26. The summed E-state index contributed by atoms with van der Waals surface area (Å²) in [7, 11) is -2.57. The fourth-order valence-electron chi connectivity index (χ4n) is 2.73. The zero-order valence-corrected chi connectivity index (χ0v) is 20.6. The van der Waals surface area contributed by atoms with E-state index in [1.165, 1.54) is 12.1 Å². The highest BCUT2D eigenvalue weighted by molar-refractivity contribution is 8.13. The Balaban J connectivity index is 2.55. The van der Waals surface area contributed by atoms with Gasteiger partial charge in [-0.15, -0.1) is 0 Å². The van der Waals surface area contributed by atoms with E-state index in [1.54, 1.807) is 24.3 Å². The van der Waals surface area contributed by atoms with E-state index in [1.807, 2.05) is 20.8 Å². The molecule has 0 unspecified atom stereocenters. The zero-order chi connectivity index (χ0) is 23.0. The molecule has 5 nitrogen and oxygen atoms in total. The molecule has 0 heterocycles. The summed E-state index contributed by atoms with van der Waals surface area (Å²) in [4.78, 5) is -0.444. The summed E-state index contributed by atoms with van der Waals surface area (Å²) >= 11 is 0. The lowest BCUT2D eigenvalue weighted by molar-refractivity contribution is 0.101. The molecule has 0 N–H and O–H groups in total. The van der Waals surface area contributed by atoms with Gasteiger partial charge < -0.3 is 4.74 Å². The Kier molecular flexibility index (Phi) is 7.01. The molecular weight excluding hydrogens is 444 g/mol. The second-order valence-corrected chi connectivity index (χ2v) is 13.0. The molecule has 166 valence electrons. The largest absolute Gasteiger partial charge is 0.486 e. The minimum atomic E-state index is -4.23. The topological polar surface area (TPSA) is 77.5 Å². The van der Waals surface area contributed by atoms with Gasteiger partial charge >= 0.3 is 0 Å². The number of hydrogen-bond donors (Lipinski definition) is 0. The first kappa shape index (κ1) is 24.7. The smallest absolute Gasteiger partial charge is 0.265 e. The first-order valence-corrected chi connectivity index (χ1v) is 13.6. The number of benzene rings is 2. The van der Waals surface area contributed by atoms with Gasteiger partial charge in [0.15, 0.2) is 0 Å². The van der Waals surface area contributed by atoms with Crippen molar-refractivity contribution in [1.82, 2.24) is 0 Å². The van der Waals surface area contributed by atoms with E-state index < -0.39 is 24.5 Å². The minimum Gasteiger partial charge on any atom is -0.486 e. The van der Waals surface area contributed by atoms with Gasteiger partial charge in [0.25, 0.3) is 9.05 Å². The molecule has 0 bridgehead atoms. The Morgan fingerprint density at radius 1 is 0.833 bits per heavy atom. The van der Waals surface area contributed by atoms with E-state index in [-0.39, 0.29) is 25.9 Å². The summed E-state index contributed by atoms with van der Waals surface area (Å²) in [6, 6.07) is 10.4. The van der Waals surface area contributed by atoms with E-state index in [9.17, 15) is 16.8 Å². The summed E-state index contributed by atoms with van der Waals surface area (Å²) in [5, 5.41) is 0. The van der Waals surface area contributed by atoms with Crippen LogP contribution in [0.1, 0.15) is 59.9 Å². The molecule has 0 aliphatic carbocycles. The van der Waals surface area contributed by atoms with Crippen molar-refractivity contribution in [1.29, 1.82) is 0 Å². The van der Waals surface area contributed by atoms with Gasteiger partial charge in [-0.3, -0.25) is 0 Å². The van der Waals surface area contributed by atoms with Crippen molar-refractivity contribution in [2.75, 3.05) is 0 Å². The van der Waals surface area contributed by atoms with Gasteiger partial charge in [0.1, 0.15) is 16.2 Å². The van der Waals surface area contributed by atoms with Crippen LogP contribution in [0.3, 0.4) is 0 Å². The van der Waals surface area contributed by atoms with E-state index in [4.69, 9.17) is 15.4 Å². The molecule has 0 fully saturated rings. The van der Waals surface area contributed by atoms with Gasteiger partial charge in [0.2, 0.25) is 9.84 Å². The number of sulfone groups is 1. The Hall–Kier alpha value is -1.57. The molecule has 2 aromatic carbocycles. The molecule has 0 atom stereocenters.